The molecule has 1 aromatic carbocycles. The second-order valence-corrected chi connectivity index (χ2v) is 5.36. The Bertz CT molecular complexity index is 373. The summed E-state index contributed by atoms with van der Waals surface area (Å²) in [4.78, 5) is 2.48. The average molecular weight is 248 g/mol. The molecule has 0 aromatic heterocycles. The second kappa shape index (κ2) is 6.21. The Kier molecular flexibility index (Phi) is 4.61. The molecule has 0 amide bonds. The highest BCUT2D eigenvalue weighted by Gasteiger charge is 2.22. The quantitative estimate of drug-likeness (QED) is 0.857. The van der Waals surface area contributed by atoms with E-state index in [1.807, 2.05) is 19.2 Å². The molecule has 0 spiro atoms. The van der Waals surface area contributed by atoms with E-state index >= 15 is 0 Å². The lowest BCUT2D eigenvalue weighted by Gasteiger charge is -2.34. The number of benzene rings is 1. The van der Waals surface area contributed by atoms with Crippen molar-refractivity contribution in [1.82, 2.24) is 10.2 Å². The van der Waals surface area contributed by atoms with Crippen LogP contribution in [0.3, 0.4) is 0 Å². The number of likely N-dealkylation sites (tertiary alicyclic amines) is 1. The van der Waals surface area contributed by atoms with Crippen molar-refractivity contribution in [2.24, 2.45) is 5.92 Å². The first-order valence-corrected chi connectivity index (χ1v) is 6.86. The normalized spacial score (nSPS) is 19.9. The van der Waals surface area contributed by atoms with Gasteiger partial charge in [0.2, 0.25) is 0 Å². The Labute approximate surface area is 110 Å². The van der Waals surface area contributed by atoms with Gasteiger partial charge in [-0.25, -0.2) is 0 Å². The molecule has 100 valence electrons. The van der Waals surface area contributed by atoms with E-state index in [0.29, 0.717) is 11.8 Å². The fourth-order valence-electron chi connectivity index (χ4n) is 2.76. The summed E-state index contributed by atoms with van der Waals surface area (Å²) in [5, 5.41) is 12.8. The van der Waals surface area contributed by atoms with Crippen molar-refractivity contribution in [3.63, 3.8) is 0 Å². The average Bonchev–Trinajstić information content (AvgIpc) is 2.39. The third kappa shape index (κ3) is 3.47. The van der Waals surface area contributed by atoms with Crippen molar-refractivity contribution >= 4 is 0 Å². The highest BCUT2D eigenvalue weighted by atomic mass is 16.3. The zero-order valence-electron chi connectivity index (χ0n) is 11.4. The topological polar surface area (TPSA) is 35.5 Å². The molecule has 1 fully saturated rings. The summed E-state index contributed by atoms with van der Waals surface area (Å²) in [6, 6.07) is 8.21. The van der Waals surface area contributed by atoms with Crippen LogP contribution in [-0.4, -0.2) is 36.2 Å². The molecule has 0 aliphatic carbocycles. The Hall–Kier alpha value is -1.06. The maximum atomic E-state index is 9.46. The standard InChI is InChI=1S/C15H24N2O/c1-12(16-2)14-6-8-17(9-7-14)11-13-4-3-5-15(18)10-13/h3-5,10,12,14,16,18H,6-9,11H2,1-2H3. The molecule has 2 rings (SSSR count). The molecule has 1 unspecified atom stereocenters. The van der Waals surface area contributed by atoms with Gasteiger partial charge in [-0.15, -0.1) is 0 Å². The molecule has 2 N–H and O–H groups in total. The number of rotatable bonds is 4. The van der Waals surface area contributed by atoms with E-state index < -0.39 is 0 Å². The lowest BCUT2D eigenvalue weighted by atomic mass is 9.90. The Morgan fingerprint density at radius 1 is 1.39 bits per heavy atom. The monoisotopic (exact) mass is 248 g/mol. The van der Waals surface area contributed by atoms with Gasteiger partial charge in [0, 0.05) is 12.6 Å². The van der Waals surface area contributed by atoms with Crippen LogP contribution in [0.1, 0.15) is 25.3 Å². The maximum Gasteiger partial charge on any atom is 0.115 e. The zero-order chi connectivity index (χ0) is 13.0. The van der Waals surface area contributed by atoms with Crippen LogP contribution in [0, 0.1) is 5.92 Å². The summed E-state index contributed by atoms with van der Waals surface area (Å²) in [5.74, 6) is 1.17. The molecule has 1 heterocycles. The van der Waals surface area contributed by atoms with Gasteiger partial charge in [-0.05, 0) is 63.5 Å². The Balaban J connectivity index is 1.83. The predicted molar refractivity (Wildman–Crippen MR) is 74.6 cm³/mol. The largest absolute Gasteiger partial charge is 0.508 e. The maximum absolute atomic E-state index is 9.46. The van der Waals surface area contributed by atoms with Crippen LogP contribution in [0.25, 0.3) is 0 Å². The summed E-state index contributed by atoms with van der Waals surface area (Å²) in [5.41, 5.74) is 1.20. The number of piperidine rings is 1. The molecule has 0 saturated carbocycles. The van der Waals surface area contributed by atoms with Gasteiger partial charge in [-0.3, -0.25) is 4.90 Å². The first-order valence-electron chi connectivity index (χ1n) is 6.86. The third-order valence-corrected chi connectivity index (χ3v) is 4.11. The Morgan fingerprint density at radius 3 is 2.72 bits per heavy atom. The summed E-state index contributed by atoms with van der Waals surface area (Å²) >= 11 is 0. The summed E-state index contributed by atoms with van der Waals surface area (Å²) < 4.78 is 0. The van der Waals surface area contributed by atoms with Crippen LogP contribution in [0.5, 0.6) is 5.75 Å². The highest BCUT2D eigenvalue weighted by Crippen LogP contribution is 2.22. The van der Waals surface area contributed by atoms with Gasteiger partial charge in [0.05, 0.1) is 0 Å². The molecule has 1 aliphatic heterocycles. The number of aromatic hydroxyl groups is 1. The van der Waals surface area contributed by atoms with Crippen molar-refractivity contribution < 1.29 is 5.11 Å². The van der Waals surface area contributed by atoms with Crippen LogP contribution < -0.4 is 5.32 Å². The summed E-state index contributed by atoms with van der Waals surface area (Å²) in [6.45, 7) is 5.54. The molecular weight excluding hydrogens is 224 g/mol. The molecule has 1 atom stereocenters. The first-order chi connectivity index (χ1) is 8.69. The number of phenolic OH excluding ortho intramolecular Hbond substituents is 1. The van der Waals surface area contributed by atoms with E-state index in [0.717, 1.165) is 25.6 Å². The lowest BCUT2D eigenvalue weighted by Crippen LogP contribution is -2.40. The van der Waals surface area contributed by atoms with E-state index in [2.05, 4.69) is 23.2 Å². The molecule has 0 bridgehead atoms. The van der Waals surface area contributed by atoms with Crippen LogP contribution >= 0.6 is 0 Å². The van der Waals surface area contributed by atoms with E-state index in [1.54, 1.807) is 6.07 Å². The lowest BCUT2D eigenvalue weighted by molar-refractivity contribution is 0.159. The summed E-state index contributed by atoms with van der Waals surface area (Å²) in [6.07, 6.45) is 2.53. The fraction of sp³-hybridized carbons (Fsp3) is 0.600. The van der Waals surface area contributed by atoms with E-state index in [1.165, 1.54) is 18.4 Å². The number of phenols is 1. The zero-order valence-corrected chi connectivity index (χ0v) is 11.4. The molecule has 0 radical (unpaired) electrons. The minimum atomic E-state index is 0.367. The minimum Gasteiger partial charge on any atom is -0.508 e. The number of nitrogens with one attached hydrogen (secondary N) is 1. The fourth-order valence-corrected chi connectivity index (χ4v) is 2.76. The van der Waals surface area contributed by atoms with Crippen LogP contribution in [0.2, 0.25) is 0 Å². The van der Waals surface area contributed by atoms with Gasteiger partial charge >= 0.3 is 0 Å². The second-order valence-electron chi connectivity index (χ2n) is 5.36. The third-order valence-electron chi connectivity index (χ3n) is 4.11. The number of hydrogen-bond acceptors (Lipinski definition) is 3. The van der Waals surface area contributed by atoms with Crippen LogP contribution in [0.4, 0.5) is 0 Å². The van der Waals surface area contributed by atoms with Gasteiger partial charge in [0.25, 0.3) is 0 Å². The van der Waals surface area contributed by atoms with Gasteiger partial charge in [0.1, 0.15) is 5.75 Å². The van der Waals surface area contributed by atoms with E-state index in [-0.39, 0.29) is 0 Å². The van der Waals surface area contributed by atoms with Gasteiger partial charge in [0.15, 0.2) is 0 Å². The van der Waals surface area contributed by atoms with Crippen molar-refractivity contribution in [2.45, 2.75) is 32.4 Å². The van der Waals surface area contributed by atoms with E-state index in [4.69, 9.17) is 0 Å². The van der Waals surface area contributed by atoms with Crippen LogP contribution in [-0.2, 0) is 6.54 Å². The van der Waals surface area contributed by atoms with Crippen LogP contribution in [0.15, 0.2) is 24.3 Å². The van der Waals surface area contributed by atoms with Gasteiger partial charge in [-0.1, -0.05) is 12.1 Å². The van der Waals surface area contributed by atoms with Gasteiger partial charge in [-0.2, -0.15) is 0 Å². The molecule has 3 nitrogen and oxygen atoms in total. The number of nitrogens with zero attached hydrogens (tertiary/aromatic N) is 1. The van der Waals surface area contributed by atoms with Gasteiger partial charge < -0.3 is 10.4 Å². The van der Waals surface area contributed by atoms with Crippen molar-refractivity contribution in [1.29, 1.82) is 0 Å². The molecule has 18 heavy (non-hydrogen) atoms. The molecular formula is C15H24N2O. The molecule has 1 saturated heterocycles. The van der Waals surface area contributed by atoms with Crippen molar-refractivity contribution in [2.75, 3.05) is 20.1 Å². The van der Waals surface area contributed by atoms with Crippen molar-refractivity contribution in [3.05, 3.63) is 29.8 Å². The summed E-state index contributed by atoms with van der Waals surface area (Å²) in [7, 11) is 2.05. The number of hydrogen-bond donors (Lipinski definition) is 2. The Morgan fingerprint density at radius 2 is 2.11 bits per heavy atom. The SMILES string of the molecule is CNC(C)C1CCN(Cc2cccc(O)c2)CC1. The predicted octanol–water partition coefficient (Wildman–Crippen LogP) is 2.21. The molecule has 1 aliphatic rings. The highest BCUT2D eigenvalue weighted by molar-refractivity contribution is 5.27. The smallest absolute Gasteiger partial charge is 0.115 e. The molecule has 1 aromatic rings. The first kappa shape index (κ1) is 13.4. The van der Waals surface area contributed by atoms with Crippen molar-refractivity contribution in [3.8, 4) is 5.75 Å². The minimum absolute atomic E-state index is 0.367. The molecule has 3 heteroatoms. The van der Waals surface area contributed by atoms with E-state index in [9.17, 15) is 5.11 Å².